The number of hydrogen-bond donors (Lipinski definition) is 1. The maximum Gasteiger partial charge on any atom is 0.511 e. The second kappa shape index (κ2) is 10.1. The van der Waals surface area contributed by atoms with Gasteiger partial charge in [-0.3, -0.25) is 0 Å². The minimum atomic E-state index is -1.25. The van der Waals surface area contributed by atoms with Crippen LogP contribution in [0.3, 0.4) is 0 Å². The first-order chi connectivity index (χ1) is 13.1. The Kier molecular flexibility index (Phi) is 7.90. The van der Waals surface area contributed by atoms with Crippen LogP contribution in [-0.4, -0.2) is 11.3 Å². The van der Waals surface area contributed by atoms with Crippen molar-refractivity contribution in [2.75, 3.05) is 0 Å². The second-order valence-corrected chi connectivity index (χ2v) is 6.90. The standard InChI is InChI=1S/C24H32O3/c1-5-9-10-13-17-14-11-12-15-21(17)22-16-23(27-24(25)26)20(8-4)18(6-2)19(22)7-3/h11-12,14-16H,5-10,13H2,1-4H3,(H,25,26). The number of aryl methyl sites for hydroxylation is 1. The van der Waals surface area contributed by atoms with Crippen LogP contribution >= 0.6 is 0 Å². The first kappa shape index (κ1) is 21.0. The van der Waals surface area contributed by atoms with Crippen LogP contribution in [0.25, 0.3) is 11.1 Å². The highest BCUT2D eigenvalue weighted by molar-refractivity contribution is 5.76. The van der Waals surface area contributed by atoms with E-state index in [2.05, 4.69) is 52.0 Å². The van der Waals surface area contributed by atoms with E-state index < -0.39 is 6.16 Å². The molecule has 1 N–H and O–H groups in total. The fourth-order valence-electron chi connectivity index (χ4n) is 4.01. The van der Waals surface area contributed by atoms with Crippen molar-refractivity contribution in [3.05, 3.63) is 52.6 Å². The molecule has 0 aliphatic rings. The number of carbonyl (C=O) groups is 1. The van der Waals surface area contributed by atoms with Gasteiger partial charge in [0, 0.05) is 0 Å². The van der Waals surface area contributed by atoms with Crippen molar-refractivity contribution in [1.82, 2.24) is 0 Å². The van der Waals surface area contributed by atoms with E-state index in [4.69, 9.17) is 4.74 Å². The van der Waals surface area contributed by atoms with Crippen molar-refractivity contribution in [1.29, 1.82) is 0 Å². The number of rotatable bonds is 9. The van der Waals surface area contributed by atoms with Crippen molar-refractivity contribution in [2.45, 2.75) is 72.6 Å². The van der Waals surface area contributed by atoms with Crippen LogP contribution in [0.1, 0.15) is 69.2 Å². The van der Waals surface area contributed by atoms with E-state index in [-0.39, 0.29) is 0 Å². The Morgan fingerprint density at radius 3 is 2.15 bits per heavy atom. The quantitative estimate of drug-likeness (QED) is 0.300. The summed E-state index contributed by atoms with van der Waals surface area (Å²) in [6, 6.07) is 10.5. The van der Waals surface area contributed by atoms with Gasteiger partial charge in [-0.05, 0) is 71.6 Å². The van der Waals surface area contributed by atoms with Gasteiger partial charge < -0.3 is 9.84 Å². The van der Waals surface area contributed by atoms with Crippen LogP contribution in [0.2, 0.25) is 0 Å². The third-order valence-electron chi connectivity index (χ3n) is 5.24. The lowest BCUT2D eigenvalue weighted by Crippen LogP contribution is -2.10. The van der Waals surface area contributed by atoms with Gasteiger partial charge in [0.1, 0.15) is 5.75 Å². The molecule has 2 rings (SSSR count). The number of unbranched alkanes of at least 4 members (excludes halogenated alkanes) is 2. The fourth-order valence-corrected chi connectivity index (χ4v) is 4.01. The highest BCUT2D eigenvalue weighted by atomic mass is 16.7. The molecule has 0 saturated heterocycles. The summed E-state index contributed by atoms with van der Waals surface area (Å²) in [4.78, 5) is 11.3. The Bertz CT molecular complexity index is 777. The molecule has 0 spiro atoms. The van der Waals surface area contributed by atoms with Gasteiger partial charge in [-0.1, -0.05) is 64.8 Å². The Balaban J connectivity index is 2.67. The zero-order valence-electron chi connectivity index (χ0n) is 17.1. The molecule has 0 bridgehead atoms. The molecule has 0 aromatic heterocycles. The van der Waals surface area contributed by atoms with Gasteiger partial charge in [0.15, 0.2) is 0 Å². The molecule has 0 atom stereocenters. The van der Waals surface area contributed by atoms with Gasteiger partial charge in [0.2, 0.25) is 0 Å². The van der Waals surface area contributed by atoms with Crippen molar-refractivity contribution in [3.8, 4) is 16.9 Å². The predicted octanol–water partition coefficient (Wildman–Crippen LogP) is 6.83. The number of hydrogen-bond acceptors (Lipinski definition) is 2. The van der Waals surface area contributed by atoms with E-state index in [1.165, 1.54) is 41.5 Å². The first-order valence-electron chi connectivity index (χ1n) is 10.2. The molecule has 0 aliphatic carbocycles. The van der Waals surface area contributed by atoms with Crippen LogP contribution in [0, 0.1) is 0 Å². The summed E-state index contributed by atoms with van der Waals surface area (Å²) in [5.41, 5.74) is 7.22. The fraction of sp³-hybridized carbons (Fsp3) is 0.458. The summed E-state index contributed by atoms with van der Waals surface area (Å²) in [5.74, 6) is 0.484. The number of carboxylic acid groups (broad SMARTS) is 1. The monoisotopic (exact) mass is 368 g/mol. The predicted molar refractivity (Wildman–Crippen MR) is 112 cm³/mol. The highest BCUT2D eigenvalue weighted by Crippen LogP contribution is 2.38. The lowest BCUT2D eigenvalue weighted by molar-refractivity contribution is 0.144. The Labute approximate surface area is 163 Å². The first-order valence-corrected chi connectivity index (χ1v) is 10.2. The van der Waals surface area contributed by atoms with Gasteiger partial charge in [-0.2, -0.15) is 0 Å². The molecule has 0 saturated carbocycles. The van der Waals surface area contributed by atoms with Crippen LogP contribution < -0.4 is 4.74 Å². The average molecular weight is 369 g/mol. The molecular formula is C24H32O3. The molecular weight excluding hydrogens is 336 g/mol. The van der Waals surface area contributed by atoms with Crippen LogP contribution in [-0.2, 0) is 25.7 Å². The topological polar surface area (TPSA) is 46.5 Å². The Morgan fingerprint density at radius 2 is 1.56 bits per heavy atom. The Morgan fingerprint density at radius 1 is 0.889 bits per heavy atom. The molecule has 2 aromatic rings. The summed E-state index contributed by atoms with van der Waals surface area (Å²) < 4.78 is 5.20. The van der Waals surface area contributed by atoms with Gasteiger partial charge in [0.05, 0.1) is 0 Å². The molecule has 0 aliphatic heterocycles. The Hall–Kier alpha value is -2.29. The van der Waals surface area contributed by atoms with Crippen molar-refractivity contribution < 1.29 is 14.6 Å². The highest BCUT2D eigenvalue weighted by Gasteiger charge is 2.20. The molecule has 2 aromatic carbocycles. The van der Waals surface area contributed by atoms with E-state index in [0.29, 0.717) is 5.75 Å². The minimum absolute atomic E-state index is 0.484. The maximum absolute atomic E-state index is 11.3. The molecule has 0 heterocycles. The van der Waals surface area contributed by atoms with Crippen LogP contribution in [0.4, 0.5) is 4.79 Å². The van der Waals surface area contributed by atoms with Gasteiger partial charge in [-0.25, -0.2) is 4.79 Å². The van der Waals surface area contributed by atoms with E-state index in [1.807, 2.05) is 6.07 Å². The van der Waals surface area contributed by atoms with Crippen LogP contribution in [0.15, 0.2) is 30.3 Å². The van der Waals surface area contributed by atoms with E-state index in [9.17, 15) is 9.90 Å². The summed E-state index contributed by atoms with van der Waals surface area (Å²) in [7, 11) is 0. The molecule has 0 fully saturated rings. The van der Waals surface area contributed by atoms with Crippen LogP contribution in [0.5, 0.6) is 5.75 Å². The van der Waals surface area contributed by atoms with E-state index in [0.717, 1.165) is 36.8 Å². The zero-order valence-corrected chi connectivity index (χ0v) is 17.1. The van der Waals surface area contributed by atoms with Crippen molar-refractivity contribution in [3.63, 3.8) is 0 Å². The van der Waals surface area contributed by atoms with E-state index in [1.54, 1.807) is 0 Å². The van der Waals surface area contributed by atoms with Crippen molar-refractivity contribution in [2.24, 2.45) is 0 Å². The summed E-state index contributed by atoms with van der Waals surface area (Å²) in [6.07, 6.45) is 5.92. The third-order valence-corrected chi connectivity index (χ3v) is 5.24. The average Bonchev–Trinajstić information content (AvgIpc) is 2.67. The molecule has 0 unspecified atom stereocenters. The minimum Gasteiger partial charge on any atom is -0.449 e. The lowest BCUT2D eigenvalue weighted by atomic mass is 9.85. The van der Waals surface area contributed by atoms with Gasteiger partial charge in [-0.15, -0.1) is 0 Å². The lowest BCUT2D eigenvalue weighted by Gasteiger charge is -2.21. The van der Waals surface area contributed by atoms with Gasteiger partial charge >= 0.3 is 6.16 Å². The molecule has 3 nitrogen and oxygen atoms in total. The molecule has 3 heteroatoms. The summed E-state index contributed by atoms with van der Waals surface area (Å²) >= 11 is 0. The SMILES string of the molecule is CCCCCc1ccccc1-c1cc(OC(=O)O)c(CC)c(CC)c1CC. The number of benzene rings is 2. The molecule has 0 radical (unpaired) electrons. The number of ether oxygens (including phenoxy) is 1. The van der Waals surface area contributed by atoms with Crippen molar-refractivity contribution >= 4 is 6.16 Å². The molecule has 0 amide bonds. The molecule has 146 valence electrons. The molecule has 27 heavy (non-hydrogen) atoms. The normalized spacial score (nSPS) is 10.8. The third kappa shape index (κ3) is 4.91. The largest absolute Gasteiger partial charge is 0.511 e. The van der Waals surface area contributed by atoms with Gasteiger partial charge in [0.25, 0.3) is 0 Å². The van der Waals surface area contributed by atoms with E-state index >= 15 is 0 Å². The second-order valence-electron chi connectivity index (χ2n) is 6.90. The zero-order chi connectivity index (χ0) is 19.8. The summed E-state index contributed by atoms with van der Waals surface area (Å²) in [6.45, 7) is 8.58. The summed E-state index contributed by atoms with van der Waals surface area (Å²) in [5, 5.41) is 9.21. The maximum atomic E-state index is 11.3. The smallest absolute Gasteiger partial charge is 0.449 e.